The van der Waals surface area contributed by atoms with E-state index in [1.54, 1.807) is 11.1 Å². The van der Waals surface area contributed by atoms with Crippen LogP contribution in [0.15, 0.2) is 54.9 Å². The lowest BCUT2D eigenvalue weighted by molar-refractivity contribution is 0.0938. The van der Waals surface area contributed by atoms with Crippen molar-refractivity contribution in [2.24, 2.45) is 21.7 Å². The van der Waals surface area contributed by atoms with E-state index in [4.69, 9.17) is 9.97 Å². The summed E-state index contributed by atoms with van der Waals surface area (Å²) in [6.45, 7) is 29.6. The third-order valence-electron chi connectivity index (χ3n) is 23.7. The monoisotopic (exact) mass is 968 g/mol. The maximum Gasteiger partial charge on any atom is 0.0732 e. The second-order valence-electron chi connectivity index (χ2n) is 30.9. The predicted octanol–water partition coefficient (Wildman–Crippen LogP) is 19.2. The molecule has 6 spiro atoms. The standard InChI is InChI=1S/C70H85N3/c1-61(2,3)42-21-23-46-44(37-42)52-56-50(40-71-59(52)69(46)65(25-13-14-26-65)33-34-66(69)27-15-16-28-66)73-51-41-72-60-53(57(51)55-49(64(10,11)12)39-48(63(7,8)9)54(56)58(55)73)45-38-43(62(4,5)6)22-24-47(45)70(60)67(29-17-18-30-67)35-36-68(70)31-19-20-32-68/h21-24,37-41H,13-20,25-36H2,1-12H3. The highest BCUT2D eigenvalue weighted by Gasteiger charge is 2.74. The van der Waals surface area contributed by atoms with E-state index in [0.29, 0.717) is 0 Å². The normalized spacial score (nSPS) is 23.7. The number of nitrogens with zero attached hydrogens (tertiary/aromatic N) is 3. The van der Waals surface area contributed by atoms with Crippen LogP contribution in [0.4, 0.5) is 0 Å². The quantitative estimate of drug-likeness (QED) is 0.152. The molecule has 380 valence electrons. The first-order valence-electron chi connectivity index (χ1n) is 30.0. The van der Waals surface area contributed by atoms with Crippen LogP contribution in [-0.4, -0.2) is 14.4 Å². The minimum atomic E-state index is -0.103. The number of hydrogen-bond donors (Lipinski definition) is 0. The molecule has 0 saturated heterocycles. The maximum absolute atomic E-state index is 6.19. The summed E-state index contributed by atoms with van der Waals surface area (Å²) in [7, 11) is 0. The molecule has 8 aliphatic carbocycles. The average Bonchev–Trinajstić information content (AvgIpc) is 4.19. The van der Waals surface area contributed by atoms with Gasteiger partial charge in [-0.05, 0) is 165 Å². The van der Waals surface area contributed by atoms with Crippen LogP contribution in [0, 0.1) is 21.7 Å². The first-order chi connectivity index (χ1) is 34.6. The molecule has 0 aliphatic heterocycles. The zero-order valence-electron chi connectivity index (χ0n) is 47.2. The van der Waals surface area contributed by atoms with Crippen molar-refractivity contribution in [1.82, 2.24) is 14.4 Å². The van der Waals surface area contributed by atoms with E-state index >= 15 is 0 Å². The molecule has 6 saturated carbocycles. The molecule has 0 unspecified atom stereocenters. The zero-order chi connectivity index (χ0) is 50.5. The fraction of sp³-hybridized carbons (Fsp3) is 0.600. The summed E-state index contributed by atoms with van der Waals surface area (Å²) in [5.41, 5.74) is 22.9. The van der Waals surface area contributed by atoms with Gasteiger partial charge in [0.1, 0.15) is 0 Å². The second-order valence-corrected chi connectivity index (χ2v) is 30.9. The molecule has 0 N–H and O–H groups in total. The van der Waals surface area contributed by atoms with Gasteiger partial charge in [0.25, 0.3) is 0 Å². The first-order valence-corrected chi connectivity index (χ1v) is 30.0. The van der Waals surface area contributed by atoms with Crippen LogP contribution in [-0.2, 0) is 32.5 Å². The van der Waals surface area contributed by atoms with E-state index < -0.39 is 0 Å². The fourth-order valence-corrected chi connectivity index (χ4v) is 20.9. The molecule has 3 aromatic carbocycles. The van der Waals surface area contributed by atoms with Gasteiger partial charge in [0, 0.05) is 43.5 Å². The Labute approximate surface area is 437 Å². The summed E-state index contributed by atoms with van der Waals surface area (Å²) in [6.07, 6.45) is 31.9. The largest absolute Gasteiger partial charge is 0.305 e. The van der Waals surface area contributed by atoms with E-state index in [2.05, 4.69) is 142 Å². The van der Waals surface area contributed by atoms with Crippen LogP contribution >= 0.6 is 0 Å². The van der Waals surface area contributed by atoms with Gasteiger partial charge in [-0.25, -0.2) is 0 Å². The highest BCUT2D eigenvalue weighted by molar-refractivity contribution is 6.31. The SMILES string of the molecule is CC(C)(C)c1ccc2c(c1)-c1c(ncc3c1c1c(C(C)(C)C)cc(C(C)(C)C)c4c5c6c(ncc5n3c14)C1(c3ccc(C(C)(C)C)cc3-6)C3(CCCC3)CCC13CCCC3)C21C2(CCCC2)CCC12CCCC2. The Balaban J connectivity index is 1.15. The van der Waals surface area contributed by atoms with Crippen LogP contribution in [0.3, 0.4) is 0 Å². The molecule has 0 bridgehead atoms. The van der Waals surface area contributed by atoms with Gasteiger partial charge >= 0.3 is 0 Å². The molecule has 0 amide bonds. The lowest BCUT2D eigenvalue weighted by Gasteiger charge is -2.51. The van der Waals surface area contributed by atoms with Crippen molar-refractivity contribution in [2.45, 2.75) is 244 Å². The van der Waals surface area contributed by atoms with Crippen molar-refractivity contribution < 1.29 is 0 Å². The van der Waals surface area contributed by atoms with Crippen molar-refractivity contribution in [3.8, 4) is 22.3 Å². The van der Waals surface area contributed by atoms with Crippen LogP contribution in [0.5, 0.6) is 0 Å². The maximum atomic E-state index is 6.19. The summed E-state index contributed by atoms with van der Waals surface area (Å²) in [4.78, 5) is 12.4. The fourth-order valence-electron chi connectivity index (χ4n) is 20.9. The number of benzene rings is 3. The Bertz CT molecular complexity index is 3240. The Morgan fingerprint density at radius 2 is 0.712 bits per heavy atom. The summed E-state index contributed by atoms with van der Waals surface area (Å²) < 4.78 is 2.77. The minimum absolute atomic E-state index is 0.0296. The number of rotatable bonds is 0. The van der Waals surface area contributed by atoms with Crippen LogP contribution < -0.4 is 0 Å². The first kappa shape index (κ1) is 46.1. The van der Waals surface area contributed by atoms with Gasteiger partial charge in [0.05, 0.1) is 40.3 Å². The van der Waals surface area contributed by atoms with Crippen LogP contribution in [0.25, 0.3) is 60.3 Å². The summed E-state index contributed by atoms with van der Waals surface area (Å²) >= 11 is 0. The average molecular weight is 968 g/mol. The molecule has 0 atom stereocenters. The van der Waals surface area contributed by atoms with E-state index in [-0.39, 0.29) is 54.1 Å². The molecular formula is C70H85N3. The van der Waals surface area contributed by atoms with E-state index in [0.717, 1.165) is 0 Å². The van der Waals surface area contributed by atoms with Gasteiger partial charge < -0.3 is 4.40 Å². The molecule has 3 heteroatoms. The Hall–Kier alpha value is -4.24. The van der Waals surface area contributed by atoms with Crippen molar-refractivity contribution >= 4 is 38.1 Å². The minimum Gasteiger partial charge on any atom is -0.305 e. The van der Waals surface area contributed by atoms with Gasteiger partial charge in [-0.15, -0.1) is 0 Å². The Kier molecular flexibility index (Phi) is 8.85. The summed E-state index contributed by atoms with van der Waals surface area (Å²) in [5.74, 6) is 0. The lowest BCUT2D eigenvalue weighted by Crippen LogP contribution is -2.49. The van der Waals surface area contributed by atoms with Gasteiger partial charge in [-0.1, -0.05) is 177 Å². The molecule has 15 rings (SSSR count). The van der Waals surface area contributed by atoms with Crippen molar-refractivity contribution in [1.29, 1.82) is 0 Å². The summed E-state index contributed by atoms with van der Waals surface area (Å²) in [6, 6.07) is 18.6. The molecule has 73 heavy (non-hydrogen) atoms. The lowest BCUT2D eigenvalue weighted by atomic mass is 9.51. The molecule has 3 nitrogen and oxygen atoms in total. The molecule has 4 heterocycles. The Morgan fingerprint density at radius 1 is 0.384 bits per heavy atom. The third-order valence-corrected chi connectivity index (χ3v) is 23.7. The number of pyridine rings is 2. The molecule has 4 aromatic heterocycles. The predicted molar refractivity (Wildman–Crippen MR) is 306 cm³/mol. The third kappa shape index (κ3) is 5.18. The highest BCUT2D eigenvalue weighted by atomic mass is 15.0. The second kappa shape index (κ2) is 14.0. The van der Waals surface area contributed by atoms with E-state index in [9.17, 15) is 0 Å². The number of hydrogen-bond acceptors (Lipinski definition) is 2. The smallest absolute Gasteiger partial charge is 0.0732 e. The highest BCUT2D eigenvalue weighted by Crippen LogP contribution is 2.81. The van der Waals surface area contributed by atoms with Gasteiger partial charge in [-0.2, -0.15) is 0 Å². The van der Waals surface area contributed by atoms with Gasteiger partial charge in [0.15, 0.2) is 0 Å². The molecule has 7 aromatic rings. The van der Waals surface area contributed by atoms with E-state index in [1.807, 2.05) is 0 Å². The molecular weight excluding hydrogens is 883 g/mol. The van der Waals surface area contributed by atoms with Crippen molar-refractivity contribution in [3.05, 3.63) is 99.6 Å². The van der Waals surface area contributed by atoms with Crippen molar-refractivity contribution in [2.75, 3.05) is 0 Å². The molecule has 0 radical (unpaired) electrons. The number of aromatic nitrogens is 3. The zero-order valence-corrected chi connectivity index (χ0v) is 47.2. The topological polar surface area (TPSA) is 30.2 Å². The van der Waals surface area contributed by atoms with Crippen LogP contribution in [0.1, 0.15) is 256 Å². The molecule has 8 aliphatic rings. The van der Waals surface area contributed by atoms with Gasteiger partial charge in [0.2, 0.25) is 0 Å². The van der Waals surface area contributed by atoms with Gasteiger partial charge in [-0.3, -0.25) is 9.97 Å². The van der Waals surface area contributed by atoms with E-state index in [1.165, 1.54) is 222 Å². The summed E-state index contributed by atoms with van der Waals surface area (Å²) in [5, 5.41) is 5.95. The van der Waals surface area contributed by atoms with Crippen molar-refractivity contribution in [3.63, 3.8) is 0 Å². The van der Waals surface area contributed by atoms with Crippen LogP contribution in [0.2, 0.25) is 0 Å². The molecule has 6 fully saturated rings. The Morgan fingerprint density at radius 3 is 1.01 bits per heavy atom. The number of fused-ring (bicyclic) bond motifs is 22.